The number of carbonyl (C=O) groups is 3. The molecule has 0 aromatic heterocycles. The molecule has 0 unspecified atom stereocenters. The van der Waals surface area contributed by atoms with E-state index in [1.165, 1.54) is 31.7 Å². The van der Waals surface area contributed by atoms with Gasteiger partial charge in [0.2, 0.25) is 5.91 Å². The highest BCUT2D eigenvalue weighted by molar-refractivity contribution is 6.31. The number of likely N-dealkylation sites (tertiary alicyclic amines) is 1. The van der Waals surface area contributed by atoms with E-state index in [0.29, 0.717) is 22.4 Å². The van der Waals surface area contributed by atoms with Crippen LogP contribution < -0.4 is 16.0 Å². The number of benzene rings is 2. The Balaban J connectivity index is 1.51. The minimum atomic E-state index is -0.480. The summed E-state index contributed by atoms with van der Waals surface area (Å²) < 4.78 is 0. The van der Waals surface area contributed by atoms with Crippen molar-refractivity contribution >= 4 is 34.7 Å². The summed E-state index contributed by atoms with van der Waals surface area (Å²) in [5, 5.41) is 8.20. The van der Waals surface area contributed by atoms with E-state index >= 15 is 0 Å². The smallest absolute Gasteiger partial charge is 0.260 e. The number of rotatable bonds is 5. The summed E-state index contributed by atoms with van der Waals surface area (Å²) in [7, 11) is 0. The van der Waals surface area contributed by atoms with Crippen LogP contribution in [0.5, 0.6) is 0 Å². The van der Waals surface area contributed by atoms with Crippen LogP contribution >= 0.6 is 0 Å². The first kappa shape index (κ1) is 20.8. The largest absolute Gasteiger partial charge is 0.361 e. The fourth-order valence-corrected chi connectivity index (χ4v) is 3.99. The van der Waals surface area contributed by atoms with Crippen molar-refractivity contribution in [1.82, 2.24) is 10.2 Å². The van der Waals surface area contributed by atoms with Gasteiger partial charge in [0.25, 0.3) is 11.8 Å². The number of amides is 3. The van der Waals surface area contributed by atoms with Crippen LogP contribution in [0.15, 0.2) is 48.7 Å². The highest BCUT2D eigenvalue weighted by Gasteiger charge is 2.27. The van der Waals surface area contributed by atoms with Gasteiger partial charge < -0.3 is 10.6 Å². The van der Waals surface area contributed by atoms with E-state index in [4.69, 9.17) is 0 Å². The SMILES string of the molecule is CC(=O)Nc1ccc2c(c1)/C(=C/Nc1ccc(CN3CCCCC3)cc1)C(=O)NC2=O. The van der Waals surface area contributed by atoms with Gasteiger partial charge in [-0.1, -0.05) is 18.6 Å². The first-order valence-electron chi connectivity index (χ1n) is 10.6. The van der Waals surface area contributed by atoms with Crippen LogP contribution in [0, 0.1) is 0 Å². The molecule has 7 nitrogen and oxygen atoms in total. The molecule has 3 amide bonds. The lowest BCUT2D eigenvalue weighted by Crippen LogP contribution is -2.36. The molecule has 2 heterocycles. The quantitative estimate of drug-likeness (QED) is 0.512. The lowest BCUT2D eigenvalue weighted by molar-refractivity contribution is -0.115. The predicted molar refractivity (Wildman–Crippen MR) is 120 cm³/mol. The van der Waals surface area contributed by atoms with Crippen LogP contribution in [0.25, 0.3) is 5.57 Å². The lowest BCUT2D eigenvalue weighted by Gasteiger charge is -2.26. The van der Waals surface area contributed by atoms with Gasteiger partial charge in [-0.15, -0.1) is 0 Å². The fourth-order valence-electron chi connectivity index (χ4n) is 3.99. The van der Waals surface area contributed by atoms with E-state index in [9.17, 15) is 14.4 Å². The summed E-state index contributed by atoms with van der Waals surface area (Å²) in [6, 6.07) is 13.0. The molecule has 0 aliphatic carbocycles. The number of anilines is 2. The second-order valence-corrected chi connectivity index (χ2v) is 7.96. The van der Waals surface area contributed by atoms with Gasteiger partial charge in [0, 0.05) is 42.2 Å². The normalized spacial score (nSPS) is 17.8. The average molecular weight is 418 g/mol. The van der Waals surface area contributed by atoms with Gasteiger partial charge in [-0.25, -0.2) is 0 Å². The number of nitrogens with one attached hydrogen (secondary N) is 3. The Kier molecular flexibility index (Phi) is 6.13. The molecule has 160 valence electrons. The molecule has 2 aromatic carbocycles. The van der Waals surface area contributed by atoms with E-state index in [1.54, 1.807) is 24.4 Å². The van der Waals surface area contributed by atoms with Gasteiger partial charge in [0.1, 0.15) is 0 Å². The van der Waals surface area contributed by atoms with Crippen LogP contribution in [0.4, 0.5) is 11.4 Å². The Morgan fingerprint density at radius 2 is 1.68 bits per heavy atom. The van der Waals surface area contributed by atoms with Crippen molar-refractivity contribution in [2.45, 2.75) is 32.7 Å². The molecule has 2 aliphatic heterocycles. The van der Waals surface area contributed by atoms with Crippen molar-refractivity contribution in [1.29, 1.82) is 0 Å². The second-order valence-electron chi connectivity index (χ2n) is 7.96. The van der Waals surface area contributed by atoms with Crippen molar-refractivity contribution in [3.63, 3.8) is 0 Å². The van der Waals surface area contributed by atoms with Gasteiger partial charge in [-0.05, 0) is 61.8 Å². The van der Waals surface area contributed by atoms with Crippen molar-refractivity contribution in [2.24, 2.45) is 0 Å². The zero-order valence-electron chi connectivity index (χ0n) is 17.5. The molecule has 31 heavy (non-hydrogen) atoms. The third-order valence-corrected chi connectivity index (χ3v) is 5.54. The minimum Gasteiger partial charge on any atom is -0.361 e. The van der Waals surface area contributed by atoms with E-state index in [1.807, 2.05) is 12.1 Å². The summed E-state index contributed by atoms with van der Waals surface area (Å²) in [6.45, 7) is 4.66. The number of nitrogens with zero attached hydrogens (tertiary/aromatic N) is 1. The highest BCUT2D eigenvalue weighted by atomic mass is 16.2. The fraction of sp³-hybridized carbons (Fsp3) is 0.292. The molecule has 0 saturated carbocycles. The topological polar surface area (TPSA) is 90.5 Å². The van der Waals surface area contributed by atoms with Gasteiger partial charge in [0.15, 0.2) is 0 Å². The number of hydrogen-bond acceptors (Lipinski definition) is 5. The zero-order valence-corrected chi connectivity index (χ0v) is 17.5. The van der Waals surface area contributed by atoms with E-state index in [0.717, 1.165) is 25.3 Å². The minimum absolute atomic E-state index is 0.222. The number of piperidine rings is 1. The number of imide groups is 1. The maximum Gasteiger partial charge on any atom is 0.260 e. The molecular formula is C24H26N4O3. The molecule has 0 radical (unpaired) electrons. The van der Waals surface area contributed by atoms with Crippen LogP contribution in [-0.4, -0.2) is 35.7 Å². The van der Waals surface area contributed by atoms with Crippen LogP contribution in [0.1, 0.15) is 47.7 Å². The number of hydrogen-bond donors (Lipinski definition) is 3. The zero-order chi connectivity index (χ0) is 21.8. The summed E-state index contributed by atoms with van der Waals surface area (Å²) in [4.78, 5) is 38.5. The standard InChI is InChI=1S/C24H26N4O3/c1-16(29)26-19-9-10-20-21(13-19)22(24(31)27-23(20)30)14-25-18-7-5-17(6-8-18)15-28-11-3-2-4-12-28/h5-10,13-14,25H,2-4,11-12,15H2,1H3,(H,26,29)(H,27,30,31)/b22-14-. The van der Waals surface area contributed by atoms with Gasteiger partial charge >= 0.3 is 0 Å². The van der Waals surface area contributed by atoms with Crippen molar-refractivity contribution in [3.8, 4) is 0 Å². The Labute approximate surface area is 181 Å². The number of fused-ring (bicyclic) bond motifs is 1. The first-order chi connectivity index (χ1) is 15.0. The summed E-state index contributed by atoms with van der Waals surface area (Å²) in [5.41, 5.74) is 3.83. The summed E-state index contributed by atoms with van der Waals surface area (Å²) >= 11 is 0. The van der Waals surface area contributed by atoms with Crippen molar-refractivity contribution in [2.75, 3.05) is 23.7 Å². The Morgan fingerprint density at radius 3 is 2.39 bits per heavy atom. The molecule has 0 spiro atoms. The molecule has 0 bridgehead atoms. The van der Waals surface area contributed by atoms with E-state index < -0.39 is 11.8 Å². The molecule has 2 aliphatic rings. The van der Waals surface area contributed by atoms with Crippen LogP contribution in [-0.2, 0) is 16.1 Å². The van der Waals surface area contributed by atoms with Crippen LogP contribution in [0.3, 0.4) is 0 Å². The molecule has 1 saturated heterocycles. The van der Waals surface area contributed by atoms with Crippen molar-refractivity contribution in [3.05, 3.63) is 65.4 Å². The molecule has 0 atom stereocenters. The third kappa shape index (κ3) is 5.00. The Bertz CT molecular complexity index is 1040. The lowest BCUT2D eigenvalue weighted by atomic mass is 9.95. The van der Waals surface area contributed by atoms with E-state index in [-0.39, 0.29) is 5.91 Å². The van der Waals surface area contributed by atoms with Gasteiger partial charge in [-0.2, -0.15) is 0 Å². The molecule has 3 N–H and O–H groups in total. The summed E-state index contributed by atoms with van der Waals surface area (Å²) in [6.07, 6.45) is 5.45. The van der Waals surface area contributed by atoms with Crippen LogP contribution in [0.2, 0.25) is 0 Å². The molecule has 4 rings (SSSR count). The number of carbonyl (C=O) groups excluding carboxylic acids is 3. The predicted octanol–water partition coefficient (Wildman–Crippen LogP) is 3.35. The molecular weight excluding hydrogens is 392 g/mol. The van der Waals surface area contributed by atoms with Gasteiger partial charge in [0.05, 0.1) is 5.57 Å². The maximum absolute atomic E-state index is 12.5. The van der Waals surface area contributed by atoms with Crippen molar-refractivity contribution < 1.29 is 14.4 Å². The summed E-state index contributed by atoms with van der Waals surface area (Å²) in [5.74, 6) is -1.15. The molecule has 2 aromatic rings. The highest BCUT2D eigenvalue weighted by Crippen LogP contribution is 2.27. The Morgan fingerprint density at radius 1 is 0.968 bits per heavy atom. The molecule has 7 heteroatoms. The van der Waals surface area contributed by atoms with E-state index in [2.05, 4.69) is 33.0 Å². The monoisotopic (exact) mass is 418 g/mol. The first-order valence-corrected chi connectivity index (χ1v) is 10.6. The second kappa shape index (κ2) is 9.14. The molecule has 1 fully saturated rings. The Hall–Kier alpha value is -3.45. The third-order valence-electron chi connectivity index (χ3n) is 5.54. The maximum atomic E-state index is 12.5. The average Bonchev–Trinajstić information content (AvgIpc) is 2.75. The van der Waals surface area contributed by atoms with Gasteiger partial charge in [-0.3, -0.25) is 24.6 Å².